The molecule has 0 bridgehead atoms. The van der Waals surface area contributed by atoms with Gasteiger partial charge < -0.3 is 0 Å². The lowest BCUT2D eigenvalue weighted by molar-refractivity contribution is -0.125. The van der Waals surface area contributed by atoms with Crippen LogP contribution >= 0.6 is 0 Å². The summed E-state index contributed by atoms with van der Waals surface area (Å²) >= 11 is 0. The summed E-state index contributed by atoms with van der Waals surface area (Å²) in [6, 6.07) is 0. The normalized spacial score (nSPS) is 13.4. The zero-order chi connectivity index (χ0) is 7.44. The maximum Gasteiger partial charge on any atom is 0.236 e. The summed E-state index contributed by atoms with van der Waals surface area (Å²) in [6.07, 6.45) is 0. The second kappa shape index (κ2) is 3.45. The highest BCUT2D eigenvalue weighted by Crippen LogP contribution is 2.07. The number of nitrogens with one attached hydrogen (secondary N) is 1. The molecule has 3 heteroatoms. The van der Waals surface area contributed by atoms with E-state index in [-0.39, 0.29) is 11.8 Å². The first-order valence-electron chi connectivity index (χ1n) is 3.10. The Labute approximate surface area is 55.6 Å². The van der Waals surface area contributed by atoms with Crippen molar-refractivity contribution in [3.63, 3.8) is 0 Å². The van der Waals surface area contributed by atoms with Crippen LogP contribution in [0.15, 0.2) is 0 Å². The van der Waals surface area contributed by atoms with Crippen LogP contribution in [0.4, 0.5) is 0 Å². The van der Waals surface area contributed by atoms with Gasteiger partial charge in [0.25, 0.3) is 0 Å². The molecule has 0 rings (SSSR count). The molecule has 54 valence electrons. The Morgan fingerprint density at radius 1 is 1.44 bits per heavy atom. The van der Waals surface area contributed by atoms with Crippen molar-refractivity contribution in [2.24, 2.45) is 17.7 Å². The van der Waals surface area contributed by atoms with Crippen LogP contribution in [-0.4, -0.2) is 5.91 Å². The molecule has 9 heavy (non-hydrogen) atoms. The van der Waals surface area contributed by atoms with Crippen LogP contribution in [0, 0.1) is 11.8 Å². The molecule has 0 aliphatic rings. The van der Waals surface area contributed by atoms with Crippen molar-refractivity contribution in [2.75, 3.05) is 0 Å². The van der Waals surface area contributed by atoms with Gasteiger partial charge in [-0.05, 0) is 5.92 Å². The van der Waals surface area contributed by atoms with Gasteiger partial charge in [0, 0.05) is 5.92 Å². The quantitative estimate of drug-likeness (QED) is 0.320. The van der Waals surface area contributed by atoms with Crippen molar-refractivity contribution in [1.82, 2.24) is 5.43 Å². The molecule has 3 nitrogen and oxygen atoms in total. The Balaban J connectivity index is 3.72. The van der Waals surface area contributed by atoms with E-state index in [9.17, 15) is 4.79 Å². The first kappa shape index (κ1) is 8.43. The third kappa shape index (κ3) is 2.46. The molecule has 0 saturated heterocycles. The standard InChI is InChI=1S/C6H14N2O/c1-4(2)5(3)6(9)8-7/h4-5H,7H2,1-3H3,(H,8,9). The van der Waals surface area contributed by atoms with E-state index in [2.05, 4.69) is 5.43 Å². The van der Waals surface area contributed by atoms with Gasteiger partial charge >= 0.3 is 0 Å². The van der Waals surface area contributed by atoms with Crippen LogP contribution in [0.3, 0.4) is 0 Å². The molecule has 0 heterocycles. The van der Waals surface area contributed by atoms with E-state index in [0.29, 0.717) is 5.92 Å². The molecule has 0 aromatic rings. The topological polar surface area (TPSA) is 55.1 Å². The molecule has 1 atom stereocenters. The summed E-state index contributed by atoms with van der Waals surface area (Å²) < 4.78 is 0. The summed E-state index contributed by atoms with van der Waals surface area (Å²) in [7, 11) is 0. The minimum atomic E-state index is -0.0926. The molecule has 1 unspecified atom stereocenters. The largest absolute Gasteiger partial charge is 0.294 e. The van der Waals surface area contributed by atoms with E-state index in [4.69, 9.17) is 5.84 Å². The molecule has 0 aromatic carbocycles. The second-order valence-electron chi connectivity index (χ2n) is 2.54. The fraction of sp³-hybridized carbons (Fsp3) is 0.833. The van der Waals surface area contributed by atoms with Gasteiger partial charge in [-0.2, -0.15) is 0 Å². The fourth-order valence-electron chi connectivity index (χ4n) is 0.434. The van der Waals surface area contributed by atoms with Crippen LogP contribution in [0.2, 0.25) is 0 Å². The van der Waals surface area contributed by atoms with Crippen molar-refractivity contribution in [3.8, 4) is 0 Å². The van der Waals surface area contributed by atoms with E-state index in [1.807, 2.05) is 20.8 Å². The SMILES string of the molecule is CC(C)C(C)C(=O)NN. The highest BCUT2D eigenvalue weighted by Gasteiger charge is 2.14. The first-order valence-corrected chi connectivity index (χ1v) is 3.10. The van der Waals surface area contributed by atoms with Crippen molar-refractivity contribution in [2.45, 2.75) is 20.8 Å². The number of nitrogens with two attached hydrogens (primary N) is 1. The Morgan fingerprint density at radius 3 is 2.00 bits per heavy atom. The zero-order valence-corrected chi connectivity index (χ0v) is 6.14. The third-order valence-electron chi connectivity index (χ3n) is 1.56. The van der Waals surface area contributed by atoms with Gasteiger partial charge in [0.1, 0.15) is 0 Å². The Morgan fingerprint density at radius 2 is 1.89 bits per heavy atom. The summed E-state index contributed by atoms with van der Waals surface area (Å²) in [5.41, 5.74) is 2.11. The molecular weight excluding hydrogens is 116 g/mol. The predicted octanol–water partition coefficient (Wildman–Crippen LogP) is 0.268. The average molecular weight is 130 g/mol. The van der Waals surface area contributed by atoms with E-state index in [1.165, 1.54) is 0 Å². The van der Waals surface area contributed by atoms with Crippen LogP contribution in [0.1, 0.15) is 20.8 Å². The molecule has 3 N–H and O–H groups in total. The van der Waals surface area contributed by atoms with Crippen molar-refractivity contribution < 1.29 is 4.79 Å². The number of carbonyl (C=O) groups excluding carboxylic acids is 1. The van der Waals surface area contributed by atoms with Gasteiger partial charge in [0.05, 0.1) is 0 Å². The summed E-state index contributed by atoms with van der Waals surface area (Å²) in [5.74, 6) is 5.18. The monoisotopic (exact) mass is 130 g/mol. The van der Waals surface area contributed by atoms with Gasteiger partial charge in [-0.1, -0.05) is 20.8 Å². The van der Waals surface area contributed by atoms with Crippen molar-refractivity contribution in [3.05, 3.63) is 0 Å². The first-order chi connectivity index (χ1) is 4.09. The van der Waals surface area contributed by atoms with Gasteiger partial charge in [0.15, 0.2) is 0 Å². The number of hydrazine groups is 1. The molecule has 0 aromatic heterocycles. The number of rotatable bonds is 2. The molecule has 0 fully saturated rings. The average Bonchev–Trinajstić information content (AvgIpc) is 1.84. The van der Waals surface area contributed by atoms with Crippen molar-refractivity contribution in [1.29, 1.82) is 0 Å². The maximum absolute atomic E-state index is 10.7. The lowest BCUT2D eigenvalue weighted by Crippen LogP contribution is -2.36. The highest BCUT2D eigenvalue weighted by molar-refractivity contribution is 5.77. The lowest BCUT2D eigenvalue weighted by atomic mass is 9.98. The zero-order valence-electron chi connectivity index (χ0n) is 6.14. The van der Waals surface area contributed by atoms with Crippen LogP contribution < -0.4 is 11.3 Å². The predicted molar refractivity (Wildman–Crippen MR) is 36.3 cm³/mol. The summed E-state index contributed by atoms with van der Waals surface area (Å²) in [4.78, 5) is 10.7. The van der Waals surface area contributed by atoms with Gasteiger partial charge in [-0.15, -0.1) is 0 Å². The van der Waals surface area contributed by atoms with Crippen molar-refractivity contribution >= 4 is 5.91 Å². The van der Waals surface area contributed by atoms with Crippen LogP contribution in [0.25, 0.3) is 0 Å². The Hall–Kier alpha value is -0.570. The maximum atomic E-state index is 10.7. The molecular formula is C6H14N2O. The minimum absolute atomic E-state index is 0.00926. The van der Waals surface area contributed by atoms with E-state index in [1.54, 1.807) is 0 Å². The fourth-order valence-corrected chi connectivity index (χ4v) is 0.434. The molecule has 0 saturated carbocycles. The van der Waals surface area contributed by atoms with E-state index in [0.717, 1.165) is 0 Å². The van der Waals surface area contributed by atoms with Gasteiger partial charge in [-0.25, -0.2) is 5.84 Å². The van der Waals surface area contributed by atoms with Crippen LogP contribution in [0.5, 0.6) is 0 Å². The molecule has 0 aliphatic carbocycles. The summed E-state index contributed by atoms with van der Waals surface area (Å²) in [5, 5.41) is 0. The molecule has 0 spiro atoms. The van der Waals surface area contributed by atoms with E-state index >= 15 is 0 Å². The number of amides is 1. The number of carbonyl (C=O) groups is 1. The van der Waals surface area contributed by atoms with E-state index < -0.39 is 0 Å². The Kier molecular flexibility index (Phi) is 3.24. The molecule has 0 aliphatic heterocycles. The second-order valence-corrected chi connectivity index (χ2v) is 2.54. The Bertz CT molecular complexity index is 101. The number of hydrogen-bond donors (Lipinski definition) is 2. The minimum Gasteiger partial charge on any atom is -0.294 e. The molecule has 1 amide bonds. The highest BCUT2D eigenvalue weighted by atomic mass is 16.2. The smallest absolute Gasteiger partial charge is 0.236 e. The lowest BCUT2D eigenvalue weighted by Gasteiger charge is -2.12. The van der Waals surface area contributed by atoms with Gasteiger partial charge in [-0.3, -0.25) is 10.2 Å². The molecule has 0 radical (unpaired) electrons. The summed E-state index contributed by atoms with van der Waals surface area (Å²) in [6.45, 7) is 5.83. The number of hydrogen-bond acceptors (Lipinski definition) is 2. The third-order valence-corrected chi connectivity index (χ3v) is 1.56. The van der Waals surface area contributed by atoms with Crippen LogP contribution in [-0.2, 0) is 4.79 Å². The van der Waals surface area contributed by atoms with Gasteiger partial charge in [0.2, 0.25) is 5.91 Å².